The summed E-state index contributed by atoms with van der Waals surface area (Å²) in [5.74, 6) is 0.659. The van der Waals surface area contributed by atoms with Gasteiger partial charge in [0.2, 0.25) is 0 Å². The maximum atomic E-state index is 4.08. The van der Waals surface area contributed by atoms with E-state index in [1.54, 1.807) is 0 Å². The van der Waals surface area contributed by atoms with E-state index in [2.05, 4.69) is 50.7 Å². The molecular weight excluding hydrogens is 235 g/mol. The van der Waals surface area contributed by atoms with Crippen molar-refractivity contribution >= 4 is 42.2 Å². The van der Waals surface area contributed by atoms with Gasteiger partial charge in [-0.3, -0.25) is 0 Å². The molecule has 0 amide bonds. The second kappa shape index (κ2) is 9.78. The van der Waals surface area contributed by atoms with E-state index >= 15 is 0 Å². The molecule has 2 heteroatoms. The zero-order valence-corrected chi connectivity index (χ0v) is 13.7. The first-order valence-corrected chi connectivity index (χ1v) is 5.94. The van der Waals surface area contributed by atoms with Crippen LogP contribution in [0.3, 0.4) is 0 Å². The second-order valence-electron chi connectivity index (χ2n) is 3.90. The van der Waals surface area contributed by atoms with Gasteiger partial charge in [-0.2, -0.15) is 0 Å². The number of hydrogen-bond acceptors (Lipinski definition) is 1. The predicted octanol–water partition coefficient (Wildman–Crippen LogP) is 4.40. The minimum absolute atomic E-state index is 0. The van der Waals surface area contributed by atoms with Crippen molar-refractivity contribution in [1.82, 2.24) is 0 Å². The summed E-state index contributed by atoms with van der Waals surface area (Å²) in [5.41, 5.74) is 1.41. The number of benzene rings is 2. The van der Waals surface area contributed by atoms with Gasteiger partial charge in [0.15, 0.2) is 0 Å². The van der Waals surface area contributed by atoms with Gasteiger partial charge in [0.25, 0.3) is 0 Å². The Hall–Kier alpha value is -0.210. The third-order valence-electron chi connectivity index (χ3n) is 2.22. The Morgan fingerprint density at radius 1 is 0.765 bits per heavy atom. The Morgan fingerprint density at radius 2 is 1.18 bits per heavy atom. The van der Waals surface area contributed by atoms with Crippen LogP contribution in [0.15, 0.2) is 65.6 Å². The molecule has 1 radical (unpaired) electrons. The molecule has 0 fully saturated rings. The Morgan fingerprint density at radius 3 is 1.41 bits per heavy atom. The third kappa shape index (κ3) is 7.67. The summed E-state index contributed by atoms with van der Waals surface area (Å²) in [4.78, 5) is 1.02. The van der Waals surface area contributed by atoms with E-state index in [0.717, 1.165) is 4.90 Å². The number of rotatable bonds is 1. The third-order valence-corrected chi connectivity index (χ3v) is 2.52. The normalized spacial score (nSPS) is 8.94. The van der Waals surface area contributed by atoms with Gasteiger partial charge in [-0.1, -0.05) is 62.4 Å². The molecule has 17 heavy (non-hydrogen) atoms. The van der Waals surface area contributed by atoms with Crippen LogP contribution in [0, 0.1) is 0 Å². The molecule has 0 N–H and O–H groups in total. The molecule has 2 aromatic carbocycles. The molecule has 0 atom stereocenters. The van der Waals surface area contributed by atoms with Gasteiger partial charge in [-0.05, 0) is 23.6 Å². The van der Waals surface area contributed by atoms with Crippen LogP contribution in [0.5, 0.6) is 0 Å². The molecule has 0 unspecified atom stereocenters. The van der Waals surface area contributed by atoms with Crippen LogP contribution < -0.4 is 0 Å². The number of hydrogen-bond donors (Lipinski definition) is 1. The van der Waals surface area contributed by atoms with Crippen molar-refractivity contribution in [2.24, 2.45) is 0 Å². The van der Waals surface area contributed by atoms with Crippen molar-refractivity contribution in [3.63, 3.8) is 0 Å². The van der Waals surface area contributed by atoms with Gasteiger partial charge in [0.1, 0.15) is 0 Å². The fraction of sp³-hybridized carbons (Fsp3) is 0.200. The van der Waals surface area contributed by atoms with Crippen LogP contribution in [0.25, 0.3) is 0 Å². The Kier molecular flexibility index (Phi) is 9.66. The van der Waals surface area contributed by atoms with Crippen LogP contribution in [0.1, 0.15) is 25.3 Å². The van der Waals surface area contributed by atoms with Crippen LogP contribution in [0.2, 0.25) is 0 Å². The average molecular weight is 253 g/mol. The maximum Gasteiger partial charge on any atom is 0.00399 e. The van der Waals surface area contributed by atoms with Crippen molar-refractivity contribution in [2.75, 3.05) is 0 Å². The van der Waals surface area contributed by atoms with Crippen molar-refractivity contribution in [3.05, 3.63) is 66.2 Å². The van der Waals surface area contributed by atoms with Crippen LogP contribution in [0.4, 0.5) is 0 Å². The number of thiol groups is 1. The molecule has 0 aliphatic heterocycles. The largest absolute Gasteiger partial charge is 0.143 e. The molecule has 0 aromatic heterocycles. The van der Waals surface area contributed by atoms with E-state index < -0.39 is 0 Å². The molecular formula is C15H18NaS. The second-order valence-corrected chi connectivity index (χ2v) is 4.42. The topological polar surface area (TPSA) is 0 Å². The summed E-state index contributed by atoms with van der Waals surface area (Å²) in [5, 5.41) is 0. The predicted molar refractivity (Wildman–Crippen MR) is 80.0 cm³/mol. The first-order chi connectivity index (χ1) is 7.70. The van der Waals surface area contributed by atoms with E-state index in [9.17, 15) is 0 Å². The van der Waals surface area contributed by atoms with Crippen LogP contribution in [-0.4, -0.2) is 29.6 Å². The zero-order valence-electron chi connectivity index (χ0n) is 10.8. The first kappa shape index (κ1) is 16.8. The fourth-order valence-corrected chi connectivity index (χ4v) is 1.44. The Balaban J connectivity index is 0.000000292. The van der Waals surface area contributed by atoms with Crippen molar-refractivity contribution in [2.45, 2.75) is 24.7 Å². The summed E-state index contributed by atoms with van der Waals surface area (Å²) in [6.45, 7) is 4.41. The van der Waals surface area contributed by atoms with Gasteiger partial charge < -0.3 is 0 Å². The molecule has 2 aromatic rings. The van der Waals surface area contributed by atoms with Gasteiger partial charge >= 0.3 is 0 Å². The molecule has 0 saturated carbocycles. The van der Waals surface area contributed by atoms with E-state index in [1.807, 2.05) is 36.4 Å². The van der Waals surface area contributed by atoms with Crippen molar-refractivity contribution in [3.8, 4) is 0 Å². The standard InChI is InChI=1S/C9H12.C6H6S.Na/c1-8(2)9-6-4-3-5-7-9;7-6-4-2-1-3-5-6;/h3-8H,1-2H3;1-5,7H;. The Labute approximate surface area is 132 Å². The molecule has 0 aliphatic carbocycles. The minimum Gasteiger partial charge on any atom is -0.143 e. The molecule has 0 bridgehead atoms. The van der Waals surface area contributed by atoms with Crippen molar-refractivity contribution in [1.29, 1.82) is 0 Å². The summed E-state index contributed by atoms with van der Waals surface area (Å²) in [6.07, 6.45) is 0. The average Bonchev–Trinajstić information content (AvgIpc) is 2.32. The summed E-state index contributed by atoms with van der Waals surface area (Å²) in [7, 11) is 0. The molecule has 2 rings (SSSR count). The maximum absolute atomic E-state index is 4.08. The molecule has 0 saturated heterocycles. The fourth-order valence-electron chi connectivity index (χ4n) is 1.27. The summed E-state index contributed by atoms with van der Waals surface area (Å²) < 4.78 is 0. The smallest absolute Gasteiger partial charge is 0.00399 e. The summed E-state index contributed by atoms with van der Waals surface area (Å²) >= 11 is 4.08. The van der Waals surface area contributed by atoms with Gasteiger partial charge in [-0.25, -0.2) is 0 Å². The zero-order chi connectivity index (χ0) is 11.8. The van der Waals surface area contributed by atoms with E-state index in [-0.39, 0.29) is 29.6 Å². The van der Waals surface area contributed by atoms with E-state index in [0.29, 0.717) is 5.92 Å². The first-order valence-electron chi connectivity index (χ1n) is 5.49. The molecule has 0 nitrogen and oxygen atoms in total. The van der Waals surface area contributed by atoms with E-state index in [1.165, 1.54) is 5.56 Å². The molecule has 0 aliphatic rings. The molecule has 0 spiro atoms. The van der Waals surface area contributed by atoms with Crippen LogP contribution in [-0.2, 0) is 0 Å². The van der Waals surface area contributed by atoms with E-state index in [4.69, 9.17) is 0 Å². The Bertz CT molecular complexity index is 384. The quantitative estimate of drug-likeness (QED) is 0.565. The SMILES string of the molecule is CC(C)c1ccccc1.Sc1ccccc1.[Na]. The van der Waals surface area contributed by atoms with Gasteiger partial charge in [0, 0.05) is 34.5 Å². The van der Waals surface area contributed by atoms with Crippen LogP contribution >= 0.6 is 12.6 Å². The van der Waals surface area contributed by atoms with Gasteiger partial charge in [-0.15, -0.1) is 12.6 Å². The van der Waals surface area contributed by atoms with Gasteiger partial charge in [0.05, 0.1) is 0 Å². The van der Waals surface area contributed by atoms with Crippen molar-refractivity contribution < 1.29 is 0 Å². The molecule has 0 heterocycles. The molecule has 85 valence electrons. The monoisotopic (exact) mass is 253 g/mol. The minimum atomic E-state index is 0. The summed E-state index contributed by atoms with van der Waals surface area (Å²) in [6, 6.07) is 20.3.